The summed E-state index contributed by atoms with van der Waals surface area (Å²) < 4.78 is 0. The van der Waals surface area contributed by atoms with Crippen LogP contribution in [-0.2, 0) is 4.79 Å². The van der Waals surface area contributed by atoms with Gasteiger partial charge in [-0.15, -0.1) is 0 Å². The molecule has 78 valence electrons. The van der Waals surface area contributed by atoms with E-state index in [0.717, 1.165) is 24.8 Å². The van der Waals surface area contributed by atoms with E-state index < -0.39 is 0 Å². The number of likely N-dealkylation sites (N-methyl/N-ethyl adjacent to an activating group) is 1. The van der Waals surface area contributed by atoms with E-state index in [9.17, 15) is 4.79 Å². The zero-order valence-electron chi connectivity index (χ0n) is 8.70. The smallest absolute Gasteiger partial charge is 0.221 e. The van der Waals surface area contributed by atoms with Gasteiger partial charge in [-0.1, -0.05) is 0 Å². The average molecular weight is 194 g/mol. The monoisotopic (exact) mass is 194 g/mol. The van der Waals surface area contributed by atoms with Crippen LogP contribution in [0, 0.1) is 11.8 Å². The fourth-order valence-electron chi connectivity index (χ4n) is 3.76. The molecule has 1 saturated carbocycles. The van der Waals surface area contributed by atoms with Crippen molar-refractivity contribution in [2.75, 3.05) is 13.6 Å². The summed E-state index contributed by atoms with van der Waals surface area (Å²) in [5.74, 6) is 1.90. The third kappa shape index (κ3) is 1.11. The zero-order valence-corrected chi connectivity index (χ0v) is 8.70. The topological polar surface area (TPSA) is 32.3 Å². The lowest BCUT2D eigenvalue weighted by Crippen LogP contribution is -2.50. The Morgan fingerprint density at radius 1 is 1.29 bits per heavy atom. The molecule has 4 unspecified atom stereocenters. The molecule has 4 atom stereocenters. The first-order valence-electron chi connectivity index (χ1n) is 5.74. The minimum atomic E-state index is 0.261. The molecule has 3 aliphatic rings. The highest BCUT2D eigenvalue weighted by atomic mass is 16.1. The molecule has 2 aliphatic heterocycles. The second-order valence-corrected chi connectivity index (χ2v) is 5.14. The van der Waals surface area contributed by atoms with Crippen molar-refractivity contribution in [3.8, 4) is 0 Å². The van der Waals surface area contributed by atoms with Gasteiger partial charge >= 0.3 is 0 Å². The predicted molar refractivity (Wildman–Crippen MR) is 53.8 cm³/mol. The minimum Gasteiger partial charge on any atom is -0.354 e. The van der Waals surface area contributed by atoms with Crippen molar-refractivity contribution in [2.24, 2.45) is 11.8 Å². The van der Waals surface area contributed by atoms with Gasteiger partial charge in [0.2, 0.25) is 5.91 Å². The van der Waals surface area contributed by atoms with Crippen LogP contribution in [0.4, 0.5) is 0 Å². The Morgan fingerprint density at radius 2 is 2.00 bits per heavy atom. The van der Waals surface area contributed by atoms with Crippen molar-refractivity contribution in [1.82, 2.24) is 10.2 Å². The van der Waals surface area contributed by atoms with Crippen molar-refractivity contribution < 1.29 is 4.79 Å². The second-order valence-electron chi connectivity index (χ2n) is 5.14. The highest BCUT2D eigenvalue weighted by Crippen LogP contribution is 2.44. The first-order valence-corrected chi connectivity index (χ1v) is 5.74. The van der Waals surface area contributed by atoms with Crippen LogP contribution >= 0.6 is 0 Å². The van der Waals surface area contributed by atoms with Gasteiger partial charge in [0.1, 0.15) is 0 Å². The van der Waals surface area contributed by atoms with E-state index in [1.165, 1.54) is 19.3 Å². The number of nitrogens with zero attached hydrogens (tertiary/aromatic N) is 1. The number of amides is 1. The maximum atomic E-state index is 11.5. The maximum absolute atomic E-state index is 11.5. The summed E-state index contributed by atoms with van der Waals surface area (Å²) in [5, 5.41) is 3.05. The molecule has 2 saturated heterocycles. The molecule has 2 heterocycles. The van der Waals surface area contributed by atoms with Crippen molar-refractivity contribution in [2.45, 2.75) is 37.8 Å². The van der Waals surface area contributed by atoms with Gasteiger partial charge in [-0.05, 0) is 38.1 Å². The van der Waals surface area contributed by atoms with E-state index in [2.05, 4.69) is 17.3 Å². The number of carbonyl (C=O) groups is 1. The molecule has 4 bridgehead atoms. The van der Waals surface area contributed by atoms with Crippen molar-refractivity contribution in [3.05, 3.63) is 0 Å². The van der Waals surface area contributed by atoms with Crippen LogP contribution in [0.1, 0.15) is 25.7 Å². The third-order valence-electron chi connectivity index (χ3n) is 4.55. The van der Waals surface area contributed by atoms with Gasteiger partial charge in [0.15, 0.2) is 0 Å². The summed E-state index contributed by atoms with van der Waals surface area (Å²) in [6, 6.07) is 1.14. The lowest BCUT2D eigenvalue weighted by molar-refractivity contribution is -0.121. The predicted octanol–water partition coefficient (Wildman–Crippen LogP) is 0.605. The van der Waals surface area contributed by atoms with E-state index in [1.54, 1.807) is 0 Å². The Kier molecular flexibility index (Phi) is 1.84. The van der Waals surface area contributed by atoms with Gasteiger partial charge < -0.3 is 5.32 Å². The lowest BCUT2D eigenvalue weighted by Gasteiger charge is -2.41. The Labute approximate surface area is 84.8 Å². The Hall–Kier alpha value is -0.570. The number of hydrogen-bond donors (Lipinski definition) is 1. The first-order chi connectivity index (χ1) is 6.75. The molecule has 0 aromatic heterocycles. The van der Waals surface area contributed by atoms with Crippen LogP contribution in [0.2, 0.25) is 0 Å². The average Bonchev–Trinajstić information content (AvgIpc) is 2.55. The largest absolute Gasteiger partial charge is 0.354 e. The highest BCUT2D eigenvalue weighted by molar-refractivity contribution is 5.77. The molecule has 3 fully saturated rings. The molecule has 0 aromatic rings. The van der Waals surface area contributed by atoms with E-state index in [1.807, 2.05) is 0 Å². The quantitative estimate of drug-likeness (QED) is 0.612. The molecule has 0 spiro atoms. The van der Waals surface area contributed by atoms with E-state index >= 15 is 0 Å². The van der Waals surface area contributed by atoms with Crippen LogP contribution in [0.15, 0.2) is 0 Å². The minimum absolute atomic E-state index is 0.261. The van der Waals surface area contributed by atoms with Gasteiger partial charge in [0, 0.05) is 25.0 Å². The number of rotatable bonds is 0. The summed E-state index contributed by atoms with van der Waals surface area (Å²) in [5.41, 5.74) is 0. The fraction of sp³-hybridized carbons (Fsp3) is 0.909. The van der Waals surface area contributed by atoms with Gasteiger partial charge in [-0.25, -0.2) is 0 Å². The number of piperidine rings is 1. The second kappa shape index (κ2) is 2.96. The molecule has 0 radical (unpaired) electrons. The van der Waals surface area contributed by atoms with Crippen molar-refractivity contribution in [1.29, 1.82) is 0 Å². The Morgan fingerprint density at radius 3 is 2.79 bits per heavy atom. The molecule has 3 rings (SSSR count). The summed E-state index contributed by atoms with van der Waals surface area (Å²) in [6.45, 7) is 0.878. The van der Waals surface area contributed by atoms with Gasteiger partial charge in [0.25, 0.3) is 0 Å². The summed E-state index contributed by atoms with van der Waals surface area (Å²) >= 11 is 0. The summed E-state index contributed by atoms with van der Waals surface area (Å²) in [7, 11) is 2.21. The summed E-state index contributed by atoms with van der Waals surface area (Å²) in [6.07, 6.45) is 4.83. The van der Waals surface area contributed by atoms with E-state index in [-0.39, 0.29) is 5.91 Å². The number of fused-ring (bicyclic) bond motifs is 6. The molecular weight excluding hydrogens is 176 g/mol. The van der Waals surface area contributed by atoms with Crippen LogP contribution in [-0.4, -0.2) is 36.5 Å². The number of carbonyl (C=O) groups excluding carboxylic acids is 1. The zero-order chi connectivity index (χ0) is 9.71. The highest BCUT2D eigenvalue weighted by Gasteiger charge is 2.46. The Balaban J connectivity index is 1.93. The summed E-state index contributed by atoms with van der Waals surface area (Å²) in [4.78, 5) is 14.0. The van der Waals surface area contributed by atoms with Gasteiger partial charge in [-0.2, -0.15) is 0 Å². The molecule has 1 amide bonds. The molecule has 0 aromatic carbocycles. The number of nitrogens with one attached hydrogen (secondary N) is 1. The molecule has 1 N–H and O–H groups in total. The van der Waals surface area contributed by atoms with E-state index in [0.29, 0.717) is 12.1 Å². The molecule has 3 nitrogen and oxygen atoms in total. The normalized spacial score (nSPS) is 47.4. The van der Waals surface area contributed by atoms with Crippen LogP contribution < -0.4 is 5.32 Å². The SMILES string of the molecule is CN1C2CNC(=O)CC1C1CCC2C1. The van der Waals surface area contributed by atoms with Crippen molar-refractivity contribution >= 4 is 5.91 Å². The third-order valence-corrected chi connectivity index (χ3v) is 4.55. The number of hydrogen-bond acceptors (Lipinski definition) is 2. The molecular formula is C11H18N2O. The molecule has 3 heteroatoms. The van der Waals surface area contributed by atoms with E-state index in [4.69, 9.17) is 0 Å². The Bertz CT molecular complexity index is 266. The first kappa shape index (κ1) is 8.72. The van der Waals surface area contributed by atoms with Gasteiger partial charge in [0.05, 0.1) is 0 Å². The molecule has 1 aliphatic carbocycles. The lowest BCUT2D eigenvalue weighted by atomic mass is 9.85. The van der Waals surface area contributed by atoms with Crippen LogP contribution in [0.3, 0.4) is 0 Å². The standard InChI is InChI=1S/C11H18N2O/c1-13-9-5-11(14)12-6-10(13)8-3-2-7(9)4-8/h7-10H,2-6H2,1H3,(H,12,14). The van der Waals surface area contributed by atoms with Crippen LogP contribution in [0.5, 0.6) is 0 Å². The van der Waals surface area contributed by atoms with Gasteiger partial charge in [-0.3, -0.25) is 9.69 Å². The maximum Gasteiger partial charge on any atom is 0.221 e. The fourth-order valence-corrected chi connectivity index (χ4v) is 3.76. The van der Waals surface area contributed by atoms with Crippen LogP contribution in [0.25, 0.3) is 0 Å². The molecule has 14 heavy (non-hydrogen) atoms. The van der Waals surface area contributed by atoms with Crippen molar-refractivity contribution in [3.63, 3.8) is 0 Å².